The molecule has 32 heavy (non-hydrogen) atoms. The second-order valence-corrected chi connectivity index (χ2v) is 6.99. The summed E-state index contributed by atoms with van der Waals surface area (Å²) in [5.41, 5.74) is 2.04. The molecule has 0 aliphatic rings. The molecule has 162 valence electrons. The fourth-order valence-electron chi connectivity index (χ4n) is 3.05. The molecule has 4 rings (SSSR count). The molecule has 0 fully saturated rings. The summed E-state index contributed by atoms with van der Waals surface area (Å²) in [6.07, 6.45) is 1.66. The van der Waals surface area contributed by atoms with Gasteiger partial charge in [0.05, 0.1) is 11.4 Å². The number of aromatic nitrogens is 2. The van der Waals surface area contributed by atoms with Crippen LogP contribution in [0.4, 0.5) is 25.0 Å². The standard InChI is InChI=1S/C23H18F2N4O3/c1-14-3-2-10-29-21(30)12-17(26-22(14)29)13-32-18-7-5-16(6-8-18)27-23(31)28-20-9-4-15(24)11-19(20)25/h2-12H,13H2,1H3,(H2,27,28,31). The van der Waals surface area contributed by atoms with Gasteiger partial charge in [0.15, 0.2) is 0 Å². The minimum atomic E-state index is -0.874. The third kappa shape index (κ3) is 4.72. The van der Waals surface area contributed by atoms with Gasteiger partial charge in [0, 0.05) is 24.0 Å². The van der Waals surface area contributed by atoms with Crippen molar-refractivity contribution >= 4 is 23.1 Å². The van der Waals surface area contributed by atoms with E-state index in [4.69, 9.17) is 4.74 Å². The lowest BCUT2D eigenvalue weighted by Gasteiger charge is -2.10. The number of benzene rings is 2. The number of pyridine rings is 1. The van der Waals surface area contributed by atoms with Gasteiger partial charge in [-0.1, -0.05) is 6.07 Å². The zero-order chi connectivity index (χ0) is 22.7. The molecule has 0 aliphatic heterocycles. The number of nitrogens with one attached hydrogen (secondary N) is 2. The second-order valence-electron chi connectivity index (χ2n) is 6.99. The fraction of sp³-hybridized carbons (Fsp3) is 0.0870. The lowest BCUT2D eigenvalue weighted by atomic mass is 10.3. The summed E-state index contributed by atoms with van der Waals surface area (Å²) in [7, 11) is 0. The van der Waals surface area contributed by atoms with Crippen LogP contribution in [0.25, 0.3) is 5.65 Å². The van der Waals surface area contributed by atoms with Crippen LogP contribution in [-0.4, -0.2) is 15.4 Å². The van der Waals surface area contributed by atoms with Crippen LogP contribution in [0, 0.1) is 18.6 Å². The molecule has 0 spiro atoms. The first-order valence-corrected chi connectivity index (χ1v) is 9.63. The van der Waals surface area contributed by atoms with Crippen LogP contribution in [-0.2, 0) is 6.61 Å². The number of aryl methyl sites for hydroxylation is 1. The molecule has 0 atom stereocenters. The summed E-state index contributed by atoms with van der Waals surface area (Å²) in [6, 6.07) is 13.7. The van der Waals surface area contributed by atoms with E-state index in [1.807, 2.05) is 13.0 Å². The first kappa shape index (κ1) is 21.0. The van der Waals surface area contributed by atoms with Crippen LogP contribution < -0.4 is 20.9 Å². The van der Waals surface area contributed by atoms with Crippen molar-refractivity contribution in [1.29, 1.82) is 0 Å². The third-order valence-corrected chi connectivity index (χ3v) is 4.62. The SMILES string of the molecule is Cc1cccn2c(=O)cc(COc3ccc(NC(=O)Nc4ccc(F)cc4F)cc3)nc12. The van der Waals surface area contributed by atoms with Gasteiger partial charge in [-0.15, -0.1) is 0 Å². The Morgan fingerprint density at radius 2 is 1.84 bits per heavy atom. The maximum Gasteiger partial charge on any atom is 0.323 e. The van der Waals surface area contributed by atoms with Gasteiger partial charge in [0.2, 0.25) is 0 Å². The maximum atomic E-state index is 13.6. The van der Waals surface area contributed by atoms with E-state index in [9.17, 15) is 18.4 Å². The number of carbonyl (C=O) groups is 1. The largest absolute Gasteiger partial charge is 0.487 e. The normalized spacial score (nSPS) is 10.7. The Bertz CT molecular complexity index is 1350. The molecule has 0 saturated carbocycles. The number of rotatable bonds is 5. The van der Waals surface area contributed by atoms with E-state index in [0.29, 0.717) is 28.8 Å². The Labute approximate surface area is 181 Å². The van der Waals surface area contributed by atoms with Crippen molar-refractivity contribution in [3.8, 4) is 5.75 Å². The zero-order valence-electron chi connectivity index (χ0n) is 16.9. The summed E-state index contributed by atoms with van der Waals surface area (Å²) in [5.74, 6) is -1.10. The van der Waals surface area contributed by atoms with Gasteiger partial charge < -0.3 is 15.4 Å². The van der Waals surface area contributed by atoms with Crippen molar-refractivity contribution in [3.63, 3.8) is 0 Å². The zero-order valence-corrected chi connectivity index (χ0v) is 16.9. The van der Waals surface area contributed by atoms with Crippen molar-refractivity contribution in [2.75, 3.05) is 10.6 Å². The van der Waals surface area contributed by atoms with Gasteiger partial charge in [0.1, 0.15) is 29.6 Å². The number of anilines is 2. The Morgan fingerprint density at radius 3 is 2.59 bits per heavy atom. The molecule has 9 heteroatoms. The number of hydrogen-bond acceptors (Lipinski definition) is 4. The molecule has 0 saturated heterocycles. The number of ether oxygens (including phenoxy) is 1. The van der Waals surface area contributed by atoms with Crippen LogP contribution in [0.2, 0.25) is 0 Å². The van der Waals surface area contributed by atoms with Crippen molar-refractivity contribution in [3.05, 3.63) is 100 Å². The first-order valence-electron chi connectivity index (χ1n) is 9.63. The summed E-state index contributed by atoms with van der Waals surface area (Å²) in [4.78, 5) is 28.8. The summed E-state index contributed by atoms with van der Waals surface area (Å²) < 4.78 is 33.8. The fourth-order valence-corrected chi connectivity index (χ4v) is 3.05. The van der Waals surface area contributed by atoms with Gasteiger partial charge in [0.25, 0.3) is 5.56 Å². The topological polar surface area (TPSA) is 84.7 Å². The highest BCUT2D eigenvalue weighted by atomic mass is 19.1. The van der Waals surface area contributed by atoms with E-state index >= 15 is 0 Å². The predicted octanol–water partition coefficient (Wildman–Crippen LogP) is 4.50. The lowest BCUT2D eigenvalue weighted by Crippen LogP contribution is -2.20. The molecule has 2 N–H and O–H groups in total. The van der Waals surface area contributed by atoms with E-state index in [0.717, 1.165) is 17.7 Å². The van der Waals surface area contributed by atoms with E-state index < -0.39 is 17.7 Å². The Hall–Kier alpha value is -4.27. The monoisotopic (exact) mass is 436 g/mol. The molecular weight excluding hydrogens is 418 g/mol. The number of urea groups is 1. The number of amides is 2. The van der Waals surface area contributed by atoms with Crippen LogP contribution in [0.3, 0.4) is 0 Å². The Balaban J connectivity index is 1.38. The van der Waals surface area contributed by atoms with Gasteiger partial charge in [-0.05, 0) is 55.0 Å². The van der Waals surface area contributed by atoms with Crippen molar-refractivity contribution in [2.45, 2.75) is 13.5 Å². The Morgan fingerprint density at radius 1 is 1.06 bits per heavy atom. The van der Waals surface area contributed by atoms with E-state index in [1.165, 1.54) is 10.5 Å². The molecule has 0 bridgehead atoms. The average molecular weight is 436 g/mol. The molecule has 4 aromatic rings. The van der Waals surface area contributed by atoms with Crippen LogP contribution in [0.15, 0.2) is 71.7 Å². The smallest absolute Gasteiger partial charge is 0.323 e. The van der Waals surface area contributed by atoms with E-state index in [-0.39, 0.29) is 17.9 Å². The average Bonchev–Trinajstić information content (AvgIpc) is 2.76. The van der Waals surface area contributed by atoms with Crippen LogP contribution in [0.5, 0.6) is 5.75 Å². The summed E-state index contributed by atoms with van der Waals surface area (Å²) in [6.45, 7) is 1.97. The van der Waals surface area contributed by atoms with E-state index in [1.54, 1.807) is 36.5 Å². The molecule has 2 amide bonds. The number of nitrogens with zero attached hydrogens (tertiary/aromatic N) is 2. The quantitative estimate of drug-likeness (QED) is 0.482. The lowest BCUT2D eigenvalue weighted by molar-refractivity contribution is 0.262. The minimum Gasteiger partial charge on any atom is -0.487 e. The van der Waals surface area contributed by atoms with E-state index in [2.05, 4.69) is 15.6 Å². The third-order valence-electron chi connectivity index (χ3n) is 4.62. The van der Waals surface area contributed by atoms with Crippen LogP contribution >= 0.6 is 0 Å². The van der Waals surface area contributed by atoms with Crippen LogP contribution in [0.1, 0.15) is 11.3 Å². The number of carbonyl (C=O) groups excluding carboxylic acids is 1. The molecule has 0 radical (unpaired) electrons. The summed E-state index contributed by atoms with van der Waals surface area (Å²) >= 11 is 0. The number of hydrogen-bond donors (Lipinski definition) is 2. The molecule has 0 unspecified atom stereocenters. The number of fused-ring (bicyclic) bond motifs is 1. The molecule has 2 heterocycles. The van der Waals surface area contributed by atoms with Gasteiger partial charge in [-0.3, -0.25) is 9.20 Å². The predicted molar refractivity (Wildman–Crippen MR) is 116 cm³/mol. The van der Waals surface area contributed by atoms with Gasteiger partial charge in [-0.2, -0.15) is 0 Å². The van der Waals surface area contributed by atoms with Crippen molar-refractivity contribution < 1.29 is 18.3 Å². The van der Waals surface area contributed by atoms with Crippen molar-refractivity contribution in [1.82, 2.24) is 9.38 Å². The Kier molecular flexibility index (Phi) is 5.80. The molecule has 2 aromatic carbocycles. The van der Waals surface area contributed by atoms with Crippen molar-refractivity contribution in [2.24, 2.45) is 0 Å². The summed E-state index contributed by atoms with van der Waals surface area (Å²) in [5, 5.41) is 4.85. The highest BCUT2D eigenvalue weighted by molar-refractivity contribution is 5.99. The molecule has 2 aromatic heterocycles. The van der Waals surface area contributed by atoms with Gasteiger partial charge in [-0.25, -0.2) is 18.6 Å². The number of halogens is 2. The molecule has 0 aliphatic carbocycles. The molecule has 7 nitrogen and oxygen atoms in total. The highest BCUT2D eigenvalue weighted by Crippen LogP contribution is 2.19. The first-order chi connectivity index (χ1) is 15.4. The maximum absolute atomic E-state index is 13.6. The van der Waals surface area contributed by atoms with Gasteiger partial charge >= 0.3 is 6.03 Å². The second kappa shape index (κ2) is 8.84. The minimum absolute atomic E-state index is 0.0944. The highest BCUT2D eigenvalue weighted by Gasteiger charge is 2.09. The molecular formula is C23H18F2N4O3.